The van der Waals surface area contributed by atoms with E-state index in [4.69, 9.17) is 4.74 Å². The van der Waals surface area contributed by atoms with Crippen LogP contribution in [0, 0.1) is 23.7 Å². The molecule has 0 aromatic carbocycles. The molecule has 1 aromatic heterocycles. The summed E-state index contributed by atoms with van der Waals surface area (Å²) in [6.45, 7) is 0. The second kappa shape index (κ2) is 3.34. The van der Waals surface area contributed by atoms with Gasteiger partial charge in [-0.2, -0.15) is 4.98 Å². The standard InChI is InChI=1S/C13H17N3O/c1-17-9-4-5-14-13(15-9)16-12-10-7-2-3-8(6-7)11(10)12/h4-5,7-8,10-12H,2-3,6H2,1H3,(H,14,15,16). The van der Waals surface area contributed by atoms with E-state index in [2.05, 4.69) is 15.3 Å². The molecule has 4 unspecified atom stereocenters. The number of hydrogen-bond acceptors (Lipinski definition) is 4. The Hall–Kier alpha value is -1.32. The number of fused-ring (bicyclic) bond motifs is 5. The van der Waals surface area contributed by atoms with Gasteiger partial charge in [0.15, 0.2) is 0 Å². The van der Waals surface area contributed by atoms with Crippen LogP contribution in [0.2, 0.25) is 0 Å². The predicted octanol–water partition coefficient (Wildman–Crippen LogP) is 1.94. The highest BCUT2D eigenvalue weighted by molar-refractivity contribution is 5.35. The van der Waals surface area contributed by atoms with Crippen LogP contribution >= 0.6 is 0 Å². The van der Waals surface area contributed by atoms with Crippen LogP contribution in [0.5, 0.6) is 5.88 Å². The van der Waals surface area contributed by atoms with Gasteiger partial charge in [-0.25, -0.2) is 4.98 Å². The Balaban J connectivity index is 1.49. The average Bonchev–Trinajstić information content (AvgIpc) is 2.76. The summed E-state index contributed by atoms with van der Waals surface area (Å²) in [5, 5.41) is 3.49. The number of anilines is 1. The molecule has 0 amide bonds. The molecule has 3 aliphatic rings. The molecule has 3 saturated carbocycles. The summed E-state index contributed by atoms with van der Waals surface area (Å²) in [7, 11) is 1.64. The maximum atomic E-state index is 5.11. The van der Waals surface area contributed by atoms with Gasteiger partial charge in [0.25, 0.3) is 0 Å². The minimum atomic E-state index is 0.633. The van der Waals surface area contributed by atoms with Crippen molar-refractivity contribution in [2.75, 3.05) is 12.4 Å². The second-order valence-electron chi connectivity index (χ2n) is 5.58. The molecule has 0 aliphatic heterocycles. The molecule has 4 nitrogen and oxygen atoms in total. The Morgan fingerprint density at radius 1 is 1.29 bits per heavy atom. The van der Waals surface area contributed by atoms with Crippen LogP contribution in [0.3, 0.4) is 0 Å². The van der Waals surface area contributed by atoms with Crippen molar-refractivity contribution in [1.82, 2.24) is 9.97 Å². The zero-order valence-corrected chi connectivity index (χ0v) is 9.97. The molecule has 0 spiro atoms. The van der Waals surface area contributed by atoms with Crippen molar-refractivity contribution in [3.05, 3.63) is 12.3 Å². The van der Waals surface area contributed by atoms with Gasteiger partial charge in [0, 0.05) is 18.3 Å². The van der Waals surface area contributed by atoms with Gasteiger partial charge >= 0.3 is 0 Å². The highest BCUT2D eigenvalue weighted by Crippen LogP contribution is 2.66. The van der Waals surface area contributed by atoms with Crippen LogP contribution < -0.4 is 10.1 Å². The van der Waals surface area contributed by atoms with E-state index < -0.39 is 0 Å². The lowest BCUT2D eigenvalue weighted by atomic mass is 10.0. The Labute approximate surface area is 101 Å². The molecule has 1 N–H and O–H groups in total. The number of rotatable bonds is 3. The van der Waals surface area contributed by atoms with E-state index >= 15 is 0 Å². The molecular weight excluding hydrogens is 214 g/mol. The Morgan fingerprint density at radius 2 is 2.06 bits per heavy atom. The third-order valence-corrected chi connectivity index (χ3v) is 4.87. The second-order valence-corrected chi connectivity index (χ2v) is 5.58. The van der Waals surface area contributed by atoms with Gasteiger partial charge in [0.1, 0.15) is 0 Å². The van der Waals surface area contributed by atoms with Crippen molar-refractivity contribution >= 4 is 5.95 Å². The normalized spacial score (nSPS) is 41.1. The molecule has 3 fully saturated rings. The minimum Gasteiger partial charge on any atom is -0.481 e. The quantitative estimate of drug-likeness (QED) is 0.863. The first-order valence-electron chi connectivity index (χ1n) is 6.50. The topological polar surface area (TPSA) is 47.0 Å². The fraction of sp³-hybridized carbons (Fsp3) is 0.692. The molecule has 3 aliphatic carbocycles. The lowest BCUT2D eigenvalue weighted by Gasteiger charge is -2.10. The molecule has 0 radical (unpaired) electrons. The Morgan fingerprint density at radius 3 is 2.76 bits per heavy atom. The molecule has 1 heterocycles. The molecule has 2 bridgehead atoms. The molecule has 4 heteroatoms. The Kier molecular flexibility index (Phi) is 1.90. The zero-order valence-electron chi connectivity index (χ0n) is 9.97. The van der Waals surface area contributed by atoms with Crippen LogP contribution in [0.15, 0.2) is 12.3 Å². The number of nitrogens with zero attached hydrogens (tertiary/aromatic N) is 2. The number of nitrogens with one attached hydrogen (secondary N) is 1. The van der Waals surface area contributed by atoms with E-state index in [0.717, 1.165) is 29.6 Å². The molecule has 4 rings (SSSR count). The summed E-state index contributed by atoms with van der Waals surface area (Å²) in [6, 6.07) is 2.41. The molecular formula is C13H17N3O. The van der Waals surface area contributed by atoms with Gasteiger partial charge < -0.3 is 10.1 Å². The number of hydrogen-bond donors (Lipinski definition) is 1. The summed E-state index contributed by atoms with van der Waals surface area (Å²) in [4.78, 5) is 8.59. The van der Waals surface area contributed by atoms with Crippen molar-refractivity contribution in [1.29, 1.82) is 0 Å². The van der Waals surface area contributed by atoms with E-state index in [9.17, 15) is 0 Å². The minimum absolute atomic E-state index is 0.633. The summed E-state index contributed by atoms with van der Waals surface area (Å²) in [5.74, 6) is 5.13. The smallest absolute Gasteiger partial charge is 0.226 e. The molecule has 1 aromatic rings. The third kappa shape index (κ3) is 1.36. The van der Waals surface area contributed by atoms with E-state index in [0.29, 0.717) is 11.9 Å². The van der Waals surface area contributed by atoms with Crippen LogP contribution in [-0.4, -0.2) is 23.1 Å². The maximum absolute atomic E-state index is 5.11. The number of methoxy groups -OCH3 is 1. The zero-order chi connectivity index (χ0) is 11.4. The van der Waals surface area contributed by atoms with Crippen molar-refractivity contribution in [3.8, 4) is 5.88 Å². The number of aromatic nitrogens is 2. The largest absolute Gasteiger partial charge is 0.481 e. The summed E-state index contributed by atoms with van der Waals surface area (Å²) in [6.07, 6.45) is 6.12. The summed E-state index contributed by atoms with van der Waals surface area (Å²) < 4.78 is 5.11. The fourth-order valence-corrected chi connectivity index (χ4v) is 4.19. The summed E-state index contributed by atoms with van der Waals surface area (Å²) >= 11 is 0. The van der Waals surface area contributed by atoms with Crippen molar-refractivity contribution < 1.29 is 4.74 Å². The van der Waals surface area contributed by atoms with Gasteiger partial charge in [0.2, 0.25) is 11.8 Å². The highest BCUT2D eigenvalue weighted by atomic mass is 16.5. The van der Waals surface area contributed by atoms with Gasteiger partial charge in [-0.15, -0.1) is 0 Å². The first kappa shape index (κ1) is 9.68. The lowest BCUT2D eigenvalue weighted by molar-refractivity contribution is 0.397. The van der Waals surface area contributed by atoms with Gasteiger partial charge in [0.05, 0.1) is 7.11 Å². The highest BCUT2D eigenvalue weighted by Gasteiger charge is 2.65. The van der Waals surface area contributed by atoms with Crippen LogP contribution in [-0.2, 0) is 0 Å². The third-order valence-electron chi connectivity index (χ3n) is 4.87. The lowest BCUT2D eigenvalue weighted by Crippen LogP contribution is -2.14. The van der Waals surface area contributed by atoms with Crippen molar-refractivity contribution in [3.63, 3.8) is 0 Å². The van der Waals surface area contributed by atoms with Crippen LogP contribution in [0.1, 0.15) is 19.3 Å². The predicted molar refractivity (Wildman–Crippen MR) is 63.8 cm³/mol. The van der Waals surface area contributed by atoms with Crippen LogP contribution in [0.25, 0.3) is 0 Å². The van der Waals surface area contributed by atoms with E-state index in [1.165, 1.54) is 19.3 Å². The first-order chi connectivity index (χ1) is 8.36. The summed E-state index contributed by atoms with van der Waals surface area (Å²) in [5.41, 5.74) is 0. The monoisotopic (exact) mass is 231 g/mol. The van der Waals surface area contributed by atoms with E-state index in [1.54, 1.807) is 19.4 Å². The van der Waals surface area contributed by atoms with Crippen molar-refractivity contribution in [2.45, 2.75) is 25.3 Å². The van der Waals surface area contributed by atoms with Gasteiger partial charge in [-0.3, -0.25) is 0 Å². The van der Waals surface area contributed by atoms with Crippen molar-refractivity contribution in [2.24, 2.45) is 23.7 Å². The first-order valence-corrected chi connectivity index (χ1v) is 6.50. The molecule has 90 valence electrons. The van der Waals surface area contributed by atoms with E-state index in [-0.39, 0.29) is 0 Å². The molecule has 0 saturated heterocycles. The fourth-order valence-electron chi connectivity index (χ4n) is 4.19. The van der Waals surface area contributed by atoms with Crippen LogP contribution in [0.4, 0.5) is 5.95 Å². The van der Waals surface area contributed by atoms with E-state index in [1.807, 2.05) is 0 Å². The molecule has 17 heavy (non-hydrogen) atoms. The SMILES string of the molecule is COc1ccnc(NC2C3C4CCC(C4)C23)n1. The average molecular weight is 231 g/mol. The maximum Gasteiger partial charge on any atom is 0.226 e. The number of ether oxygens (including phenoxy) is 1. The molecule has 4 atom stereocenters. The Bertz CT molecular complexity index is 434. The van der Waals surface area contributed by atoms with Gasteiger partial charge in [-0.1, -0.05) is 0 Å². The van der Waals surface area contributed by atoms with Gasteiger partial charge in [-0.05, 0) is 42.9 Å².